The van der Waals surface area contributed by atoms with Crippen LogP contribution in [0.1, 0.15) is 15.9 Å². The topological polar surface area (TPSA) is 37.3 Å². The molecule has 0 aliphatic heterocycles. The van der Waals surface area contributed by atoms with Crippen LogP contribution >= 0.6 is 11.6 Å². The molecule has 0 amide bonds. The third-order valence-corrected chi connectivity index (χ3v) is 2.79. The number of ketones is 1. The number of aromatic hydroxyl groups is 1. The molecule has 0 atom stereocenters. The Hall–Kier alpha value is -2.06. The van der Waals surface area contributed by atoms with E-state index in [-0.39, 0.29) is 11.5 Å². The van der Waals surface area contributed by atoms with Crippen molar-refractivity contribution in [2.24, 2.45) is 0 Å². The summed E-state index contributed by atoms with van der Waals surface area (Å²) in [5.41, 5.74) is 1.32. The molecule has 0 aromatic heterocycles. The zero-order valence-electron chi connectivity index (χ0n) is 9.51. The molecule has 90 valence electrons. The Labute approximate surface area is 110 Å². The number of benzene rings is 2. The van der Waals surface area contributed by atoms with Crippen LogP contribution < -0.4 is 0 Å². The average Bonchev–Trinajstić information content (AvgIpc) is 2.38. The summed E-state index contributed by atoms with van der Waals surface area (Å²) in [5.74, 6) is 0.0539. The van der Waals surface area contributed by atoms with Crippen molar-refractivity contribution in [1.82, 2.24) is 0 Å². The smallest absolute Gasteiger partial charge is 0.187 e. The van der Waals surface area contributed by atoms with E-state index in [1.807, 2.05) is 0 Å². The SMILES string of the molecule is O=C(C=Cc1ccc(O)cc1)c1ccccc1Cl. The van der Waals surface area contributed by atoms with Crippen molar-refractivity contribution in [3.8, 4) is 5.75 Å². The molecule has 0 heterocycles. The van der Waals surface area contributed by atoms with E-state index in [4.69, 9.17) is 16.7 Å². The Morgan fingerprint density at radius 2 is 1.72 bits per heavy atom. The van der Waals surface area contributed by atoms with E-state index in [0.29, 0.717) is 10.6 Å². The number of carbonyl (C=O) groups excluding carboxylic acids is 1. The lowest BCUT2D eigenvalue weighted by Gasteiger charge is -1.98. The maximum Gasteiger partial charge on any atom is 0.187 e. The summed E-state index contributed by atoms with van der Waals surface area (Å²) >= 11 is 5.93. The minimum absolute atomic E-state index is 0.145. The van der Waals surface area contributed by atoms with Crippen LogP contribution in [0, 0.1) is 0 Å². The Balaban J connectivity index is 2.17. The molecular formula is C15H11ClO2. The van der Waals surface area contributed by atoms with E-state index < -0.39 is 0 Å². The van der Waals surface area contributed by atoms with Crippen molar-refractivity contribution in [3.63, 3.8) is 0 Å². The molecule has 0 saturated heterocycles. The van der Waals surface area contributed by atoms with Gasteiger partial charge in [-0.2, -0.15) is 0 Å². The molecule has 1 N–H and O–H groups in total. The van der Waals surface area contributed by atoms with Gasteiger partial charge in [0, 0.05) is 5.56 Å². The van der Waals surface area contributed by atoms with Gasteiger partial charge in [0.1, 0.15) is 5.75 Å². The molecule has 18 heavy (non-hydrogen) atoms. The molecule has 0 unspecified atom stereocenters. The lowest BCUT2D eigenvalue weighted by Crippen LogP contribution is -1.94. The first kappa shape index (κ1) is 12.4. The maximum absolute atomic E-state index is 11.9. The number of phenolic OH excluding ortho intramolecular Hbond substituents is 1. The van der Waals surface area contributed by atoms with Gasteiger partial charge in [0.15, 0.2) is 5.78 Å². The number of halogens is 1. The van der Waals surface area contributed by atoms with Gasteiger partial charge < -0.3 is 5.11 Å². The monoisotopic (exact) mass is 258 g/mol. The van der Waals surface area contributed by atoms with E-state index in [0.717, 1.165) is 5.56 Å². The first-order chi connectivity index (χ1) is 8.66. The average molecular weight is 259 g/mol. The predicted molar refractivity (Wildman–Crippen MR) is 72.9 cm³/mol. The highest BCUT2D eigenvalue weighted by Gasteiger charge is 2.05. The molecule has 0 radical (unpaired) electrons. The van der Waals surface area contributed by atoms with Crippen LogP contribution in [0.5, 0.6) is 5.75 Å². The number of rotatable bonds is 3. The zero-order valence-corrected chi connectivity index (χ0v) is 10.3. The Morgan fingerprint density at radius 1 is 1.06 bits per heavy atom. The summed E-state index contributed by atoms with van der Waals surface area (Å²) in [6.07, 6.45) is 3.15. The van der Waals surface area contributed by atoms with Crippen molar-refractivity contribution in [2.45, 2.75) is 0 Å². The molecule has 0 spiro atoms. The van der Waals surface area contributed by atoms with Gasteiger partial charge in [-0.25, -0.2) is 0 Å². The van der Waals surface area contributed by atoms with E-state index in [1.54, 1.807) is 54.6 Å². The van der Waals surface area contributed by atoms with E-state index in [1.165, 1.54) is 6.08 Å². The number of allylic oxidation sites excluding steroid dienone is 1. The normalized spacial score (nSPS) is 10.7. The van der Waals surface area contributed by atoms with Gasteiger partial charge in [-0.1, -0.05) is 41.9 Å². The zero-order chi connectivity index (χ0) is 13.0. The van der Waals surface area contributed by atoms with Crippen molar-refractivity contribution in [1.29, 1.82) is 0 Å². The van der Waals surface area contributed by atoms with Crippen LogP contribution in [0.4, 0.5) is 0 Å². The number of hydrogen-bond donors (Lipinski definition) is 1. The van der Waals surface area contributed by atoms with Gasteiger partial charge >= 0.3 is 0 Å². The van der Waals surface area contributed by atoms with Gasteiger partial charge in [-0.15, -0.1) is 0 Å². The van der Waals surface area contributed by atoms with Crippen molar-refractivity contribution in [3.05, 3.63) is 70.8 Å². The Bertz CT molecular complexity index is 586. The molecule has 0 bridgehead atoms. The van der Waals surface area contributed by atoms with Gasteiger partial charge in [0.05, 0.1) is 5.02 Å². The fourth-order valence-electron chi connectivity index (χ4n) is 1.51. The third-order valence-electron chi connectivity index (χ3n) is 2.46. The first-order valence-corrected chi connectivity index (χ1v) is 5.80. The predicted octanol–water partition coefficient (Wildman–Crippen LogP) is 3.94. The van der Waals surface area contributed by atoms with Gasteiger partial charge in [0.25, 0.3) is 0 Å². The fourth-order valence-corrected chi connectivity index (χ4v) is 1.74. The summed E-state index contributed by atoms with van der Waals surface area (Å²) in [6, 6.07) is 13.5. The second-order valence-electron chi connectivity index (χ2n) is 3.77. The highest BCUT2D eigenvalue weighted by molar-refractivity contribution is 6.34. The lowest BCUT2D eigenvalue weighted by atomic mass is 10.1. The minimum atomic E-state index is -0.145. The Kier molecular flexibility index (Phi) is 3.80. The number of hydrogen-bond acceptors (Lipinski definition) is 2. The van der Waals surface area contributed by atoms with Crippen LogP contribution in [-0.2, 0) is 0 Å². The summed E-state index contributed by atoms with van der Waals surface area (Å²) in [5, 5.41) is 9.58. The minimum Gasteiger partial charge on any atom is -0.508 e. The van der Waals surface area contributed by atoms with Gasteiger partial charge in [0.2, 0.25) is 0 Å². The molecule has 2 nitrogen and oxygen atoms in total. The third kappa shape index (κ3) is 2.99. The van der Waals surface area contributed by atoms with Crippen molar-refractivity contribution >= 4 is 23.5 Å². The Morgan fingerprint density at radius 3 is 2.39 bits per heavy atom. The van der Waals surface area contributed by atoms with Crippen LogP contribution in [0.15, 0.2) is 54.6 Å². The van der Waals surface area contributed by atoms with Gasteiger partial charge in [-0.05, 0) is 35.9 Å². The van der Waals surface area contributed by atoms with Crippen LogP contribution in [0.3, 0.4) is 0 Å². The summed E-state index contributed by atoms with van der Waals surface area (Å²) in [7, 11) is 0. The molecule has 0 aliphatic carbocycles. The summed E-state index contributed by atoms with van der Waals surface area (Å²) < 4.78 is 0. The maximum atomic E-state index is 11.9. The van der Waals surface area contributed by atoms with Crippen molar-refractivity contribution in [2.75, 3.05) is 0 Å². The standard InChI is InChI=1S/C15H11ClO2/c16-14-4-2-1-3-13(14)15(18)10-7-11-5-8-12(17)9-6-11/h1-10,17H. The van der Waals surface area contributed by atoms with E-state index >= 15 is 0 Å². The first-order valence-electron chi connectivity index (χ1n) is 5.43. The second-order valence-corrected chi connectivity index (χ2v) is 4.18. The van der Waals surface area contributed by atoms with Crippen LogP contribution in [0.25, 0.3) is 6.08 Å². The molecular weight excluding hydrogens is 248 g/mol. The quantitative estimate of drug-likeness (QED) is 0.669. The molecule has 0 fully saturated rings. The summed E-state index contributed by atoms with van der Waals surface area (Å²) in [6.45, 7) is 0. The number of phenols is 1. The molecule has 3 heteroatoms. The highest BCUT2D eigenvalue weighted by atomic mass is 35.5. The molecule has 2 aromatic rings. The highest BCUT2D eigenvalue weighted by Crippen LogP contribution is 2.17. The van der Waals surface area contributed by atoms with E-state index in [2.05, 4.69) is 0 Å². The molecule has 2 rings (SSSR count). The second kappa shape index (κ2) is 5.52. The lowest BCUT2D eigenvalue weighted by molar-refractivity contribution is 0.104. The van der Waals surface area contributed by atoms with Crippen LogP contribution in [-0.4, -0.2) is 10.9 Å². The largest absolute Gasteiger partial charge is 0.508 e. The molecule has 0 aliphatic rings. The van der Waals surface area contributed by atoms with Crippen LogP contribution in [0.2, 0.25) is 5.02 Å². The fraction of sp³-hybridized carbons (Fsp3) is 0. The molecule has 0 saturated carbocycles. The number of carbonyl (C=O) groups is 1. The summed E-state index contributed by atoms with van der Waals surface area (Å²) in [4.78, 5) is 11.9. The van der Waals surface area contributed by atoms with Gasteiger partial charge in [-0.3, -0.25) is 4.79 Å². The van der Waals surface area contributed by atoms with E-state index in [9.17, 15) is 4.79 Å². The van der Waals surface area contributed by atoms with Crippen molar-refractivity contribution < 1.29 is 9.90 Å². The molecule has 2 aromatic carbocycles.